The monoisotopic (exact) mass is 382 g/mol. The number of benzene rings is 2. The van der Waals surface area contributed by atoms with Gasteiger partial charge in [-0.25, -0.2) is 13.1 Å². The zero-order valence-corrected chi connectivity index (χ0v) is 14.2. The van der Waals surface area contributed by atoms with Gasteiger partial charge in [-0.3, -0.25) is 4.79 Å². The van der Waals surface area contributed by atoms with Crippen LogP contribution in [0.1, 0.15) is 5.56 Å². The van der Waals surface area contributed by atoms with Crippen molar-refractivity contribution in [3.63, 3.8) is 0 Å². The highest BCUT2D eigenvalue weighted by molar-refractivity contribution is 9.10. The molecule has 0 spiro atoms. The first-order valence-electron chi connectivity index (χ1n) is 6.48. The van der Waals surface area contributed by atoms with Crippen LogP contribution >= 0.6 is 15.9 Å². The summed E-state index contributed by atoms with van der Waals surface area (Å²) in [6.45, 7) is 1.62. The number of sulfonamides is 1. The van der Waals surface area contributed by atoms with Crippen LogP contribution in [0.4, 0.5) is 5.69 Å². The first-order valence-corrected chi connectivity index (χ1v) is 8.76. The van der Waals surface area contributed by atoms with Gasteiger partial charge in [0.05, 0.1) is 11.4 Å². The molecule has 2 rings (SSSR count). The summed E-state index contributed by atoms with van der Waals surface area (Å²) in [5.41, 5.74) is 1.70. The minimum absolute atomic E-state index is 0.110. The van der Waals surface area contributed by atoms with E-state index < -0.39 is 15.9 Å². The van der Waals surface area contributed by atoms with Crippen LogP contribution in [0.5, 0.6) is 0 Å². The van der Waals surface area contributed by atoms with Gasteiger partial charge in [0.15, 0.2) is 0 Å². The van der Waals surface area contributed by atoms with Crippen LogP contribution in [0.15, 0.2) is 57.9 Å². The summed E-state index contributed by atoms with van der Waals surface area (Å²) in [5.74, 6) is -0.426. The van der Waals surface area contributed by atoms with Crippen molar-refractivity contribution < 1.29 is 13.2 Å². The Balaban J connectivity index is 1.95. The number of hydrogen-bond donors (Lipinski definition) is 2. The molecule has 2 aromatic carbocycles. The number of rotatable bonds is 5. The lowest BCUT2D eigenvalue weighted by Crippen LogP contribution is -2.32. The fourth-order valence-electron chi connectivity index (χ4n) is 1.70. The Bertz CT molecular complexity index is 756. The quantitative estimate of drug-likeness (QED) is 0.834. The van der Waals surface area contributed by atoms with Crippen molar-refractivity contribution in [1.29, 1.82) is 0 Å². The first kappa shape index (κ1) is 16.7. The standard InChI is InChI=1S/C15H15BrN2O3S/c1-11-2-6-13(7-3-11)18-15(19)10-17-22(20,21)14-8-4-12(16)5-9-14/h2-9,17H,10H2,1H3,(H,18,19). The van der Waals surface area contributed by atoms with E-state index in [0.717, 1.165) is 10.0 Å². The van der Waals surface area contributed by atoms with Gasteiger partial charge < -0.3 is 5.32 Å². The smallest absolute Gasteiger partial charge is 0.241 e. The predicted molar refractivity (Wildman–Crippen MR) is 89.1 cm³/mol. The second-order valence-electron chi connectivity index (χ2n) is 4.69. The van der Waals surface area contributed by atoms with Crippen LogP contribution < -0.4 is 10.0 Å². The van der Waals surface area contributed by atoms with Crippen molar-refractivity contribution >= 4 is 37.5 Å². The maximum absolute atomic E-state index is 12.0. The van der Waals surface area contributed by atoms with E-state index in [1.54, 1.807) is 24.3 Å². The largest absolute Gasteiger partial charge is 0.325 e. The Hall–Kier alpha value is -1.70. The lowest BCUT2D eigenvalue weighted by atomic mass is 10.2. The molecule has 116 valence electrons. The number of anilines is 1. The summed E-state index contributed by atoms with van der Waals surface area (Å²) in [6, 6.07) is 13.4. The molecule has 1 amide bonds. The van der Waals surface area contributed by atoms with E-state index in [2.05, 4.69) is 26.0 Å². The van der Waals surface area contributed by atoms with Crippen molar-refractivity contribution in [1.82, 2.24) is 4.72 Å². The van der Waals surface area contributed by atoms with Crippen LogP contribution in [-0.4, -0.2) is 20.9 Å². The topological polar surface area (TPSA) is 75.3 Å². The molecule has 0 radical (unpaired) electrons. The number of halogens is 1. The van der Waals surface area contributed by atoms with Crippen molar-refractivity contribution in [2.24, 2.45) is 0 Å². The lowest BCUT2D eigenvalue weighted by Gasteiger charge is -2.08. The second kappa shape index (κ2) is 7.04. The normalized spacial score (nSPS) is 11.2. The molecule has 0 heterocycles. The lowest BCUT2D eigenvalue weighted by molar-refractivity contribution is -0.115. The zero-order chi connectivity index (χ0) is 16.2. The van der Waals surface area contributed by atoms with Crippen molar-refractivity contribution in [2.75, 3.05) is 11.9 Å². The summed E-state index contributed by atoms with van der Waals surface area (Å²) in [5, 5.41) is 2.63. The Labute approximate surface area is 137 Å². The van der Waals surface area contributed by atoms with Crippen LogP contribution in [0.3, 0.4) is 0 Å². The Morgan fingerprint density at radius 3 is 2.23 bits per heavy atom. The first-order chi connectivity index (χ1) is 10.4. The molecule has 0 unspecified atom stereocenters. The van der Waals surface area contributed by atoms with Gasteiger partial charge in [0.25, 0.3) is 0 Å². The third kappa shape index (κ3) is 4.66. The molecule has 0 fully saturated rings. The van der Waals surface area contributed by atoms with E-state index in [0.29, 0.717) is 5.69 Å². The predicted octanol–water partition coefficient (Wildman–Crippen LogP) is 2.67. The minimum atomic E-state index is -3.70. The number of amides is 1. The molecule has 2 aromatic rings. The summed E-state index contributed by atoms with van der Waals surface area (Å²) < 4.78 is 27.1. The number of nitrogens with one attached hydrogen (secondary N) is 2. The SMILES string of the molecule is Cc1ccc(NC(=O)CNS(=O)(=O)c2ccc(Br)cc2)cc1. The molecule has 0 aromatic heterocycles. The Kier molecular flexibility index (Phi) is 5.33. The van der Waals surface area contributed by atoms with Crippen LogP contribution in [0, 0.1) is 6.92 Å². The van der Waals surface area contributed by atoms with Gasteiger partial charge in [-0.2, -0.15) is 0 Å². The highest BCUT2D eigenvalue weighted by atomic mass is 79.9. The maximum Gasteiger partial charge on any atom is 0.241 e. The molecule has 0 atom stereocenters. The highest BCUT2D eigenvalue weighted by Crippen LogP contribution is 2.14. The van der Waals surface area contributed by atoms with Crippen LogP contribution in [-0.2, 0) is 14.8 Å². The van der Waals surface area contributed by atoms with Crippen molar-refractivity contribution in [3.8, 4) is 0 Å². The minimum Gasteiger partial charge on any atom is -0.325 e. The van der Waals surface area contributed by atoms with Gasteiger partial charge in [-0.15, -0.1) is 0 Å². The highest BCUT2D eigenvalue weighted by Gasteiger charge is 2.15. The fourth-order valence-corrected chi connectivity index (χ4v) is 2.95. The molecule has 7 heteroatoms. The van der Waals surface area contributed by atoms with Crippen molar-refractivity contribution in [3.05, 3.63) is 58.6 Å². The Morgan fingerprint density at radius 2 is 1.64 bits per heavy atom. The number of hydrogen-bond acceptors (Lipinski definition) is 3. The van der Waals surface area contributed by atoms with Crippen LogP contribution in [0.2, 0.25) is 0 Å². The van der Waals surface area contributed by atoms with Crippen LogP contribution in [0.25, 0.3) is 0 Å². The molecule has 0 bridgehead atoms. The average Bonchev–Trinajstić information content (AvgIpc) is 2.48. The average molecular weight is 383 g/mol. The molecule has 0 saturated heterocycles. The fraction of sp³-hybridized carbons (Fsp3) is 0.133. The molecule has 5 nitrogen and oxygen atoms in total. The third-order valence-corrected chi connectivity index (χ3v) is 4.83. The summed E-state index contributed by atoms with van der Waals surface area (Å²) in [6.07, 6.45) is 0. The Morgan fingerprint density at radius 1 is 1.05 bits per heavy atom. The summed E-state index contributed by atoms with van der Waals surface area (Å²) >= 11 is 3.24. The van der Waals surface area contributed by atoms with Gasteiger partial charge in [-0.05, 0) is 43.3 Å². The molecule has 2 N–H and O–H groups in total. The van der Waals surface area contributed by atoms with E-state index in [-0.39, 0.29) is 11.4 Å². The van der Waals surface area contributed by atoms with E-state index in [1.807, 2.05) is 19.1 Å². The molecule has 22 heavy (non-hydrogen) atoms. The molecule has 0 aliphatic carbocycles. The van der Waals surface area contributed by atoms with Gasteiger partial charge in [0.1, 0.15) is 0 Å². The van der Waals surface area contributed by atoms with Gasteiger partial charge in [0, 0.05) is 10.2 Å². The summed E-state index contributed by atoms with van der Waals surface area (Å²) in [7, 11) is -3.70. The van der Waals surface area contributed by atoms with E-state index in [1.165, 1.54) is 12.1 Å². The second-order valence-corrected chi connectivity index (χ2v) is 7.38. The molecular formula is C15H15BrN2O3S. The maximum atomic E-state index is 12.0. The number of carbonyl (C=O) groups excluding carboxylic acids is 1. The van der Waals surface area contributed by atoms with Gasteiger partial charge >= 0.3 is 0 Å². The van der Waals surface area contributed by atoms with E-state index in [9.17, 15) is 13.2 Å². The molecule has 0 aliphatic rings. The van der Waals surface area contributed by atoms with E-state index >= 15 is 0 Å². The number of aryl methyl sites for hydroxylation is 1. The van der Waals surface area contributed by atoms with Crippen molar-refractivity contribution in [2.45, 2.75) is 11.8 Å². The van der Waals surface area contributed by atoms with Gasteiger partial charge in [-0.1, -0.05) is 33.6 Å². The van der Waals surface area contributed by atoms with Gasteiger partial charge in [0.2, 0.25) is 15.9 Å². The van der Waals surface area contributed by atoms with E-state index in [4.69, 9.17) is 0 Å². The molecule has 0 aliphatic heterocycles. The number of carbonyl (C=O) groups is 1. The third-order valence-electron chi connectivity index (χ3n) is 2.88. The summed E-state index contributed by atoms with van der Waals surface area (Å²) in [4.78, 5) is 11.9. The zero-order valence-electron chi connectivity index (χ0n) is 11.8. The molecule has 0 saturated carbocycles. The molecular weight excluding hydrogens is 368 g/mol.